The zero-order chi connectivity index (χ0) is 12.5. The van der Waals surface area contributed by atoms with E-state index in [4.69, 9.17) is 5.11 Å². The van der Waals surface area contributed by atoms with Crippen LogP contribution in [0.25, 0.3) is 0 Å². The molecule has 1 fully saturated rings. The Morgan fingerprint density at radius 1 is 1.53 bits per heavy atom. The predicted molar refractivity (Wildman–Crippen MR) is 65.1 cm³/mol. The van der Waals surface area contributed by atoms with Crippen LogP contribution in [0.2, 0.25) is 0 Å². The molecule has 1 aliphatic rings. The lowest BCUT2D eigenvalue weighted by molar-refractivity contribution is -0.149. The SMILES string of the molecule is Cc1ccsc1CCNC(=O)C1(C(=O)O)CC1. The van der Waals surface area contributed by atoms with Gasteiger partial charge in [-0.15, -0.1) is 11.3 Å². The average Bonchev–Trinajstić information content (AvgIpc) is 3.00. The molecule has 1 saturated carbocycles. The monoisotopic (exact) mass is 253 g/mol. The molecule has 5 heteroatoms. The van der Waals surface area contributed by atoms with E-state index in [1.54, 1.807) is 11.3 Å². The van der Waals surface area contributed by atoms with E-state index in [2.05, 4.69) is 5.32 Å². The number of hydrogen-bond donors (Lipinski definition) is 2. The van der Waals surface area contributed by atoms with Crippen LogP contribution in [-0.4, -0.2) is 23.5 Å². The molecule has 4 nitrogen and oxygen atoms in total. The molecule has 0 saturated heterocycles. The molecule has 0 aliphatic heterocycles. The second kappa shape index (κ2) is 4.49. The average molecular weight is 253 g/mol. The van der Waals surface area contributed by atoms with E-state index in [0.717, 1.165) is 6.42 Å². The van der Waals surface area contributed by atoms with E-state index in [1.165, 1.54) is 10.4 Å². The maximum atomic E-state index is 11.7. The Labute approximate surface area is 104 Å². The summed E-state index contributed by atoms with van der Waals surface area (Å²) in [7, 11) is 0. The van der Waals surface area contributed by atoms with Gasteiger partial charge in [-0.3, -0.25) is 9.59 Å². The van der Waals surface area contributed by atoms with Crippen LogP contribution in [-0.2, 0) is 16.0 Å². The van der Waals surface area contributed by atoms with Gasteiger partial charge in [0.25, 0.3) is 0 Å². The van der Waals surface area contributed by atoms with Gasteiger partial charge in [-0.1, -0.05) is 0 Å². The molecule has 0 aromatic carbocycles. The Bertz CT molecular complexity index is 448. The summed E-state index contributed by atoms with van der Waals surface area (Å²) >= 11 is 1.66. The molecular weight excluding hydrogens is 238 g/mol. The van der Waals surface area contributed by atoms with Crippen LogP contribution in [0.3, 0.4) is 0 Å². The first kappa shape index (κ1) is 12.1. The lowest BCUT2D eigenvalue weighted by atomic mass is 10.1. The number of aliphatic carboxylic acids is 1. The molecule has 1 amide bonds. The van der Waals surface area contributed by atoms with Crippen molar-refractivity contribution in [3.05, 3.63) is 21.9 Å². The van der Waals surface area contributed by atoms with Gasteiger partial charge in [0.05, 0.1) is 0 Å². The van der Waals surface area contributed by atoms with Gasteiger partial charge < -0.3 is 10.4 Å². The zero-order valence-corrected chi connectivity index (χ0v) is 10.5. The highest BCUT2D eigenvalue weighted by molar-refractivity contribution is 7.10. The number of carbonyl (C=O) groups is 2. The van der Waals surface area contributed by atoms with Crippen LogP contribution in [0.4, 0.5) is 0 Å². The highest BCUT2D eigenvalue weighted by atomic mass is 32.1. The number of amides is 1. The Hall–Kier alpha value is -1.36. The van der Waals surface area contributed by atoms with Gasteiger partial charge in [0.2, 0.25) is 5.91 Å². The van der Waals surface area contributed by atoms with Gasteiger partial charge >= 0.3 is 5.97 Å². The van der Waals surface area contributed by atoms with Gasteiger partial charge in [-0.05, 0) is 43.2 Å². The summed E-state index contributed by atoms with van der Waals surface area (Å²) in [4.78, 5) is 23.8. The van der Waals surface area contributed by atoms with Crippen molar-refractivity contribution < 1.29 is 14.7 Å². The molecule has 1 aromatic rings. The fraction of sp³-hybridized carbons (Fsp3) is 0.500. The molecule has 0 spiro atoms. The largest absolute Gasteiger partial charge is 0.480 e. The second-order valence-corrected chi connectivity index (χ2v) is 5.42. The van der Waals surface area contributed by atoms with Crippen LogP contribution in [0.5, 0.6) is 0 Å². The van der Waals surface area contributed by atoms with E-state index in [0.29, 0.717) is 19.4 Å². The minimum Gasteiger partial charge on any atom is -0.480 e. The van der Waals surface area contributed by atoms with Crippen LogP contribution < -0.4 is 5.32 Å². The van der Waals surface area contributed by atoms with E-state index >= 15 is 0 Å². The van der Waals surface area contributed by atoms with Gasteiger partial charge in [0.15, 0.2) is 0 Å². The summed E-state index contributed by atoms with van der Waals surface area (Å²) in [5, 5.41) is 13.7. The molecule has 1 aliphatic carbocycles. The summed E-state index contributed by atoms with van der Waals surface area (Å²) in [5.74, 6) is -1.33. The van der Waals surface area contributed by atoms with Gasteiger partial charge in [0.1, 0.15) is 5.41 Å². The normalized spacial score (nSPS) is 16.5. The number of carboxylic acid groups (broad SMARTS) is 1. The van der Waals surface area contributed by atoms with Crippen molar-refractivity contribution in [3.8, 4) is 0 Å². The maximum absolute atomic E-state index is 11.7. The number of thiophene rings is 1. The Balaban J connectivity index is 1.82. The van der Waals surface area contributed by atoms with Gasteiger partial charge in [0, 0.05) is 11.4 Å². The molecule has 17 heavy (non-hydrogen) atoms. The number of carbonyl (C=O) groups excluding carboxylic acids is 1. The Morgan fingerprint density at radius 2 is 2.24 bits per heavy atom. The summed E-state index contributed by atoms with van der Waals surface area (Å²) in [6.07, 6.45) is 1.70. The molecule has 2 rings (SSSR count). The molecule has 1 heterocycles. The Morgan fingerprint density at radius 3 is 2.71 bits per heavy atom. The lowest BCUT2D eigenvalue weighted by Gasteiger charge is -2.10. The van der Waals surface area contributed by atoms with Crippen molar-refractivity contribution in [2.75, 3.05) is 6.54 Å². The first-order valence-electron chi connectivity index (χ1n) is 5.61. The zero-order valence-electron chi connectivity index (χ0n) is 9.66. The number of carboxylic acids is 1. The second-order valence-electron chi connectivity index (χ2n) is 4.42. The third-order valence-corrected chi connectivity index (χ3v) is 4.28. The van der Waals surface area contributed by atoms with Gasteiger partial charge in [-0.25, -0.2) is 0 Å². The number of rotatable bonds is 5. The van der Waals surface area contributed by atoms with Crippen molar-refractivity contribution in [1.82, 2.24) is 5.32 Å². The van der Waals surface area contributed by atoms with E-state index < -0.39 is 11.4 Å². The quantitative estimate of drug-likeness (QED) is 0.783. The first-order valence-corrected chi connectivity index (χ1v) is 6.49. The third kappa shape index (κ3) is 2.34. The third-order valence-electron chi connectivity index (χ3n) is 3.20. The number of nitrogens with one attached hydrogen (secondary N) is 1. The molecule has 1 aromatic heterocycles. The molecule has 0 bridgehead atoms. The van der Waals surface area contributed by atoms with Crippen LogP contribution in [0.1, 0.15) is 23.3 Å². The summed E-state index contributed by atoms with van der Waals surface area (Å²) in [5.41, 5.74) is 0.105. The molecule has 2 N–H and O–H groups in total. The number of hydrogen-bond acceptors (Lipinski definition) is 3. The molecule has 0 atom stereocenters. The first-order chi connectivity index (χ1) is 8.06. The standard InChI is InChI=1S/C12H15NO3S/c1-8-3-7-17-9(8)2-6-13-10(14)12(4-5-12)11(15)16/h3,7H,2,4-6H2,1H3,(H,13,14)(H,15,16). The predicted octanol–water partition coefficient (Wildman–Crippen LogP) is 1.58. The summed E-state index contributed by atoms with van der Waals surface area (Å²) in [6, 6.07) is 2.04. The minimum atomic E-state index is -1.12. The van der Waals surface area contributed by atoms with Crippen LogP contribution in [0, 0.1) is 12.3 Å². The van der Waals surface area contributed by atoms with Crippen LogP contribution >= 0.6 is 11.3 Å². The fourth-order valence-electron chi connectivity index (χ4n) is 1.78. The summed E-state index contributed by atoms with van der Waals surface area (Å²) in [6.45, 7) is 2.54. The molecule has 0 unspecified atom stereocenters. The van der Waals surface area contributed by atoms with Crippen molar-refractivity contribution in [2.24, 2.45) is 5.41 Å². The minimum absolute atomic E-state index is 0.334. The molecular formula is C12H15NO3S. The van der Waals surface area contributed by atoms with Gasteiger partial charge in [-0.2, -0.15) is 0 Å². The van der Waals surface area contributed by atoms with E-state index in [9.17, 15) is 9.59 Å². The van der Waals surface area contributed by atoms with Crippen LogP contribution in [0.15, 0.2) is 11.4 Å². The molecule has 0 radical (unpaired) electrons. The van der Waals surface area contributed by atoms with E-state index in [1.807, 2.05) is 18.4 Å². The van der Waals surface area contributed by atoms with Crippen molar-refractivity contribution in [3.63, 3.8) is 0 Å². The maximum Gasteiger partial charge on any atom is 0.319 e. The van der Waals surface area contributed by atoms with Crippen molar-refractivity contribution >= 4 is 23.2 Å². The highest BCUT2D eigenvalue weighted by Gasteiger charge is 2.56. The summed E-state index contributed by atoms with van der Waals surface area (Å²) < 4.78 is 0. The Kier molecular flexibility index (Phi) is 3.19. The molecule has 92 valence electrons. The van der Waals surface area contributed by atoms with Crippen molar-refractivity contribution in [1.29, 1.82) is 0 Å². The lowest BCUT2D eigenvalue weighted by Crippen LogP contribution is -2.37. The van der Waals surface area contributed by atoms with E-state index in [-0.39, 0.29) is 5.91 Å². The topological polar surface area (TPSA) is 66.4 Å². The fourth-order valence-corrected chi connectivity index (χ4v) is 2.69. The van der Waals surface area contributed by atoms with Crippen molar-refractivity contribution in [2.45, 2.75) is 26.2 Å². The smallest absolute Gasteiger partial charge is 0.319 e. The highest BCUT2D eigenvalue weighted by Crippen LogP contribution is 2.46. The number of aryl methyl sites for hydroxylation is 1.